The highest BCUT2D eigenvalue weighted by molar-refractivity contribution is 6.33. The van der Waals surface area contributed by atoms with Gasteiger partial charge in [-0.3, -0.25) is 0 Å². The molecule has 100 valence electrons. The van der Waals surface area contributed by atoms with Gasteiger partial charge in [-0.05, 0) is 34.9 Å². The number of hydrogen-bond donors (Lipinski definition) is 2. The van der Waals surface area contributed by atoms with Crippen molar-refractivity contribution in [2.45, 2.75) is 19.6 Å². The Hall–Kier alpha value is -2.02. The average Bonchev–Trinajstić information content (AvgIpc) is 2.93. The van der Waals surface area contributed by atoms with Crippen LogP contribution in [0.25, 0.3) is 0 Å². The summed E-state index contributed by atoms with van der Waals surface area (Å²) < 4.78 is 0. The SMILES string of the molecule is N#Cc1ccc(NCc2ccc3c(c2)CNC3)c(Cl)c1. The number of halogens is 1. The molecule has 0 aromatic heterocycles. The molecule has 20 heavy (non-hydrogen) atoms. The molecule has 2 N–H and O–H groups in total. The highest BCUT2D eigenvalue weighted by Gasteiger charge is 2.10. The minimum absolute atomic E-state index is 0.573. The Morgan fingerprint density at radius 2 is 2.00 bits per heavy atom. The molecule has 0 bridgehead atoms. The van der Waals surface area contributed by atoms with Crippen LogP contribution in [0.4, 0.5) is 5.69 Å². The average molecular weight is 284 g/mol. The Labute approximate surface area is 123 Å². The van der Waals surface area contributed by atoms with Crippen LogP contribution in [-0.4, -0.2) is 0 Å². The minimum Gasteiger partial charge on any atom is -0.380 e. The number of hydrogen-bond acceptors (Lipinski definition) is 3. The van der Waals surface area contributed by atoms with E-state index in [-0.39, 0.29) is 0 Å². The first-order chi connectivity index (χ1) is 9.76. The van der Waals surface area contributed by atoms with Crippen molar-refractivity contribution >= 4 is 17.3 Å². The molecule has 0 spiro atoms. The van der Waals surface area contributed by atoms with Crippen LogP contribution >= 0.6 is 11.6 Å². The number of rotatable bonds is 3. The Bertz CT molecular complexity index is 689. The summed E-state index contributed by atoms with van der Waals surface area (Å²) in [6.45, 7) is 2.63. The van der Waals surface area contributed by atoms with Gasteiger partial charge in [0.2, 0.25) is 0 Å². The zero-order valence-corrected chi connectivity index (χ0v) is 11.7. The molecule has 4 heteroatoms. The van der Waals surface area contributed by atoms with Gasteiger partial charge in [-0.25, -0.2) is 0 Å². The molecule has 0 amide bonds. The van der Waals surface area contributed by atoms with E-state index in [0.717, 1.165) is 25.3 Å². The normalized spacial score (nSPS) is 12.8. The molecule has 0 radical (unpaired) electrons. The van der Waals surface area contributed by atoms with Crippen LogP contribution in [0, 0.1) is 11.3 Å². The zero-order chi connectivity index (χ0) is 13.9. The topological polar surface area (TPSA) is 47.9 Å². The van der Waals surface area contributed by atoms with E-state index in [1.54, 1.807) is 12.1 Å². The van der Waals surface area contributed by atoms with Gasteiger partial charge in [0.15, 0.2) is 0 Å². The van der Waals surface area contributed by atoms with Gasteiger partial charge in [0.05, 0.1) is 22.3 Å². The first-order valence-corrected chi connectivity index (χ1v) is 6.89. The van der Waals surface area contributed by atoms with Gasteiger partial charge in [0, 0.05) is 19.6 Å². The maximum absolute atomic E-state index is 8.82. The van der Waals surface area contributed by atoms with Gasteiger partial charge in [0.1, 0.15) is 0 Å². The summed E-state index contributed by atoms with van der Waals surface area (Å²) in [6.07, 6.45) is 0. The molecule has 1 aliphatic rings. The highest BCUT2D eigenvalue weighted by atomic mass is 35.5. The first-order valence-electron chi connectivity index (χ1n) is 6.51. The molecule has 1 heterocycles. The maximum atomic E-state index is 8.82. The van der Waals surface area contributed by atoms with Crippen molar-refractivity contribution in [3.05, 3.63) is 63.7 Å². The molecule has 3 rings (SSSR count). The Morgan fingerprint density at radius 1 is 1.15 bits per heavy atom. The predicted molar refractivity (Wildman–Crippen MR) is 80.5 cm³/mol. The van der Waals surface area contributed by atoms with E-state index >= 15 is 0 Å². The lowest BCUT2D eigenvalue weighted by Crippen LogP contribution is -2.01. The summed E-state index contributed by atoms with van der Waals surface area (Å²) in [4.78, 5) is 0. The van der Waals surface area contributed by atoms with Crippen molar-refractivity contribution in [3.8, 4) is 6.07 Å². The van der Waals surface area contributed by atoms with Gasteiger partial charge in [0.25, 0.3) is 0 Å². The fourth-order valence-electron chi connectivity index (χ4n) is 2.38. The molecule has 0 aliphatic carbocycles. The van der Waals surface area contributed by atoms with Crippen molar-refractivity contribution in [1.82, 2.24) is 5.32 Å². The van der Waals surface area contributed by atoms with Crippen LogP contribution in [0.1, 0.15) is 22.3 Å². The molecule has 0 saturated carbocycles. The summed E-state index contributed by atoms with van der Waals surface area (Å²) in [7, 11) is 0. The van der Waals surface area contributed by atoms with E-state index in [1.807, 2.05) is 6.07 Å². The molecule has 2 aromatic rings. The van der Waals surface area contributed by atoms with Gasteiger partial charge in [-0.2, -0.15) is 5.26 Å². The van der Waals surface area contributed by atoms with E-state index < -0.39 is 0 Å². The first kappa shape index (κ1) is 13.0. The van der Waals surface area contributed by atoms with Crippen LogP contribution in [0.3, 0.4) is 0 Å². The van der Waals surface area contributed by atoms with Gasteiger partial charge >= 0.3 is 0 Å². The quantitative estimate of drug-likeness (QED) is 0.907. The summed E-state index contributed by atoms with van der Waals surface area (Å²) in [5.41, 5.74) is 5.40. The zero-order valence-electron chi connectivity index (χ0n) is 10.9. The molecular formula is C16H14ClN3. The summed E-state index contributed by atoms with van der Waals surface area (Å²) in [5.74, 6) is 0. The van der Waals surface area contributed by atoms with E-state index in [0.29, 0.717) is 10.6 Å². The lowest BCUT2D eigenvalue weighted by atomic mass is 10.1. The summed E-state index contributed by atoms with van der Waals surface area (Å²) in [5, 5.41) is 16.0. The molecular weight excluding hydrogens is 270 g/mol. The molecule has 0 unspecified atom stereocenters. The standard InChI is InChI=1S/C16H14ClN3/c17-15-6-11(7-18)2-4-16(15)20-8-12-1-3-13-9-19-10-14(13)5-12/h1-6,19-20H,8-10H2. The fraction of sp³-hybridized carbons (Fsp3) is 0.188. The number of nitrogens with one attached hydrogen (secondary N) is 2. The van der Waals surface area contributed by atoms with E-state index in [2.05, 4.69) is 34.9 Å². The van der Waals surface area contributed by atoms with Gasteiger partial charge < -0.3 is 10.6 Å². The van der Waals surface area contributed by atoms with Crippen LogP contribution < -0.4 is 10.6 Å². The number of nitriles is 1. The molecule has 0 fully saturated rings. The third kappa shape index (κ3) is 2.62. The van der Waals surface area contributed by atoms with Crippen LogP contribution in [0.5, 0.6) is 0 Å². The minimum atomic E-state index is 0.573. The van der Waals surface area contributed by atoms with Crippen LogP contribution in [0.15, 0.2) is 36.4 Å². The lowest BCUT2D eigenvalue weighted by Gasteiger charge is -2.10. The Morgan fingerprint density at radius 3 is 2.80 bits per heavy atom. The largest absolute Gasteiger partial charge is 0.380 e. The number of benzene rings is 2. The van der Waals surface area contributed by atoms with Gasteiger partial charge in [-0.1, -0.05) is 29.8 Å². The second-order valence-corrected chi connectivity index (χ2v) is 5.27. The van der Waals surface area contributed by atoms with Crippen LogP contribution in [-0.2, 0) is 19.6 Å². The predicted octanol–water partition coefficient (Wildman–Crippen LogP) is 3.43. The molecule has 0 atom stereocenters. The smallest absolute Gasteiger partial charge is 0.0992 e. The van der Waals surface area contributed by atoms with Crippen LogP contribution in [0.2, 0.25) is 5.02 Å². The third-order valence-electron chi connectivity index (χ3n) is 3.48. The number of anilines is 1. The second kappa shape index (κ2) is 5.54. The Kier molecular flexibility index (Phi) is 3.60. The number of nitrogens with zero attached hydrogens (tertiary/aromatic N) is 1. The second-order valence-electron chi connectivity index (χ2n) is 4.87. The highest BCUT2D eigenvalue weighted by Crippen LogP contribution is 2.24. The van der Waals surface area contributed by atoms with Gasteiger partial charge in [-0.15, -0.1) is 0 Å². The van der Waals surface area contributed by atoms with Crippen molar-refractivity contribution in [2.24, 2.45) is 0 Å². The van der Waals surface area contributed by atoms with E-state index in [4.69, 9.17) is 16.9 Å². The molecule has 0 saturated heterocycles. The van der Waals surface area contributed by atoms with E-state index in [9.17, 15) is 0 Å². The third-order valence-corrected chi connectivity index (χ3v) is 3.80. The molecule has 2 aromatic carbocycles. The van der Waals surface area contributed by atoms with Crippen molar-refractivity contribution in [3.63, 3.8) is 0 Å². The molecule has 1 aliphatic heterocycles. The lowest BCUT2D eigenvalue weighted by molar-refractivity contribution is 0.764. The number of fused-ring (bicyclic) bond motifs is 1. The van der Waals surface area contributed by atoms with Crippen molar-refractivity contribution < 1.29 is 0 Å². The maximum Gasteiger partial charge on any atom is 0.0992 e. The monoisotopic (exact) mass is 283 g/mol. The molecule has 3 nitrogen and oxygen atoms in total. The van der Waals surface area contributed by atoms with Crippen molar-refractivity contribution in [2.75, 3.05) is 5.32 Å². The fourth-order valence-corrected chi connectivity index (χ4v) is 2.63. The van der Waals surface area contributed by atoms with E-state index in [1.165, 1.54) is 16.7 Å². The summed E-state index contributed by atoms with van der Waals surface area (Å²) >= 11 is 6.14. The Balaban J connectivity index is 1.72. The van der Waals surface area contributed by atoms with Crippen molar-refractivity contribution in [1.29, 1.82) is 5.26 Å². The summed E-state index contributed by atoms with van der Waals surface area (Å²) in [6, 6.07) is 13.9.